The quantitative estimate of drug-likeness (QED) is 0.725. The van der Waals surface area contributed by atoms with Gasteiger partial charge in [0, 0.05) is 17.7 Å². The Kier molecular flexibility index (Phi) is 3.57. The lowest BCUT2D eigenvalue weighted by Gasteiger charge is -2.20. The third-order valence-electron chi connectivity index (χ3n) is 2.71. The highest BCUT2D eigenvalue weighted by atomic mass is 32.2. The van der Waals surface area contributed by atoms with Crippen LogP contribution in [-0.2, 0) is 6.42 Å². The molecule has 2 rings (SSSR count). The number of hydrogen-bond donors (Lipinski definition) is 0. The molecule has 1 aromatic rings. The molecule has 1 fully saturated rings. The minimum absolute atomic E-state index is 0.368. The zero-order valence-corrected chi connectivity index (χ0v) is 9.69. The van der Waals surface area contributed by atoms with E-state index in [1.807, 2.05) is 18.7 Å². The molecule has 0 radical (unpaired) electrons. The first-order valence-corrected chi connectivity index (χ1v) is 6.56. The van der Waals surface area contributed by atoms with Crippen molar-refractivity contribution in [3.8, 4) is 0 Å². The van der Waals surface area contributed by atoms with Crippen LogP contribution in [0.2, 0.25) is 0 Å². The topological polar surface area (TPSA) is 25.8 Å². The molecule has 82 valence electrons. The van der Waals surface area contributed by atoms with E-state index in [0.717, 1.165) is 36.5 Å². The molecule has 1 saturated heterocycles. The van der Waals surface area contributed by atoms with E-state index in [1.54, 1.807) is 0 Å². The molecule has 0 amide bonds. The summed E-state index contributed by atoms with van der Waals surface area (Å²) in [5.74, 6) is 2.99. The van der Waals surface area contributed by atoms with E-state index in [-0.39, 0.29) is 5.95 Å². The van der Waals surface area contributed by atoms with Crippen LogP contribution in [0.4, 0.5) is 4.39 Å². The normalized spacial score (nSPS) is 18.0. The Labute approximate surface area is 93.7 Å². The molecule has 0 saturated carbocycles. The summed E-state index contributed by atoms with van der Waals surface area (Å²) in [5.41, 5.74) is 0.815. The fourth-order valence-corrected chi connectivity index (χ4v) is 2.91. The van der Waals surface area contributed by atoms with Gasteiger partial charge in [-0.2, -0.15) is 16.2 Å². The molecule has 1 aromatic heterocycles. The Bertz CT molecular complexity index is 337. The highest BCUT2D eigenvalue weighted by Crippen LogP contribution is 2.29. The lowest BCUT2D eigenvalue weighted by Crippen LogP contribution is -2.13. The van der Waals surface area contributed by atoms with Crippen LogP contribution < -0.4 is 0 Å². The van der Waals surface area contributed by atoms with Gasteiger partial charge in [-0.25, -0.2) is 9.97 Å². The van der Waals surface area contributed by atoms with Crippen molar-refractivity contribution in [2.75, 3.05) is 11.5 Å². The lowest BCUT2D eigenvalue weighted by atomic mass is 10.0. The predicted molar refractivity (Wildman–Crippen MR) is 60.7 cm³/mol. The van der Waals surface area contributed by atoms with Crippen LogP contribution in [0, 0.1) is 5.95 Å². The van der Waals surface area contributed by atoms with Crippen molar-refractivity contribution in [3.63, 3.8) is 0 Å². The molecule has 4 heteroatoms. The molecular weight excluding hydrogens is 211 g/mol. The smallest absolute Gasteiger partial charge is 0.216 e. The first kappa shape index (κ1) is 10.9. The van der Waals surface area contributed by atoms with Gasteiger partial charge < -0.3 is 0 Å². The molecular formula is C11H15FN2S. The van der Waals surface area contributed by atoms with Crippen LogP contribution in [0.15, 0.2) is 6.07 Å². The van der Waals surface area contributed by atoms with Crippen LogP contribution in [-0.4, -0.2) is 21.5 Å². The first-order valence-electron chi connectivity index (χ1n) is 5.40. The maximum Gasteiger partial charge on any atom is 0.216 e. The summed E-state index contributed by atoms with van der Waals surface area (Å²) < 4.78 is 13.2. The van der Waals surface area contributed by atoms with Crippen molar-refractivity contribution in [1.82, 2.24) is 9.97 Å². The predicted octanol–water partition coefficient (Wildman–Crippen LogP) is 2.79. The zero-order valence-electron chi connectivity index (χ0n) is 8.87. The highest BCUT2D eigenvalue weighted by molar-refractivity contribution is 7.99. The van der Waals surface area contributed by atoms with Crippen molar-refractivity contribution in [2.45, 2.75) is 32.1 Å². The van der Waals surface area contributed by atoms with Gasteiger partial charge in [0.05, 0.1) is 0 Å². The van der Waals surface area contributed by atoms with Crippen molar-refractivity contribution in [1.29, 1.82) is 0 Å². The van der Waals surface area contributed by atoms with Crippen molar-refractivity contribution >= 4 is 11.8 Å². The Morgan fingerprint density at radius 3 is 2.80 bits per heavy atom. The summed E-state index contributed by atoms with van der Waals surface area (Å²) in [7, 11) is 0. The molecule has 15 heavy (non-hydrogen) atoms. The van der Waals surface area contributed by atoms with Gasteiger partial charge in [0.2, 0.25) is 5.95 Å². The van der Waals surface area contributed by atoms with Gasteiger partial charge in [-0.05, 0) is 30.8 Å². The van der Waals surface area contributed by atoms with E-state index < -0.39 is 0 Å². The van der Waals surface area contributed by atoms with Gasteiger partial charge in [-0.3, -0.25) is 0 Å². The summed E-state index contributed by atoms with van der Waals surface area (Å²) in [6, 6.07) is 1.43. The Morgan fingerprint density at radius 1 is 1.40 bits per heavy atom. The number of thioether (sulfide) groups is 1. The molecule has 0 unspecified atom stereocenters. The average molecular weight is 226 g/mol. The van der Waals surface area contributed by atoms with Gasteiger partial charge in [-0.15, -0.1) is 0 Å². The molecule has 0 aliphatic carbocycles. The van der Waals surface area contributed by atoms with Crippen molar-refractivity contribution in [3.05, 3.63) is 23.5 Å². The molecule has 2 heterocycles. The summed E-state index contributed by atoms with van der Waals surface area (Å²) in [5, 5.41) is 0. The summed E-state index contributed by atoms with van der Waals surface area (Å²) in [6.45, 7) is 1.99. The molecule has 0 bridgehead atoms. The monoisotopic (exact) mass is 226 g/mol. The van der Waals surface area contributed by atoms with E-state index >= 15 is 0 Å². The first-order chi connectivity index (χ1) is 7.29. The zero-order chi connectivity index (χ0) is 10.7. The van der Waals surface area contributed by atoms with E-state index in [4.69, 9.17) is 0 Å². The van der Waals surface area contributed by atoms with E-state index in [1.165, 1.54) is 6.07 Å². The Hall–Kier alpha value is -0.640. The van der Waals surface area contributed by atoms with Crippen molar-refractivity contribution in [2.24, 2.45) is 0 Å². The van der Waals surface area contributed by atoms with E-state index in [0.29, 0.717) is 11.7 Å². The molecule has 2 nitrogen and oxygen atoms in total. The van der Waals surface area contributed by atoms with Crippen LogP contribution in [0.1, 0.15) is 37.2 Å². The highest BCUT2D eigenvalue weighted by Gasteiger charge is 2.19. The van der Waals surface area contributed by atoms with Crippen LogP contribution in [0.3, 0.4) is 0 Å². The van der Waals surface area contributed by atoms with Crippen LogP contribution >= 0.6 is 11.8 Å². The molecule has 1 aliphatic rings. The second kappa shape index (κ2) is 4.92. The number of hydrogen-bond acceptors (Lipinski definition) is 3. The maximum atomic E-state index is 13.2. The Balaban J connectivity index is 2.22. The van der Waals surface area contributed by atoms with Gasteiger partial charge in [0.25, 0.3) is 0 Å². The number of aryl methyl sites for hydroxylation is 1. The van der Waals surface area contributed by atoms with E-state index in [2.05, 4.69) is 9.97 Å². The van der Waals surface area contributed by atoms with Gasteiger partial charge in [-0.1, -0.05) is 6.92 Å². The van der Waals surface area contributed by atoms with Crippen molar-refractivity contribution < 1.29 is 4.39 Å². The number of halogens is 1. The fraction of sp³-hybridized carbons (Fsp3) is 0.636. The van der Waals surface area contributed by atoms with Gasteiger partial charge in [0.1, 0.15) is 5.82 Å². The molecule has 0 aromatic carbocycles. The van der Waals surface area contributed by atoms with E-state index in [9.17, 15) is 4.39 Å². The lowest BCUT2D eigenvalue weighted by molar-refractivity contribution is 0.530. The third-order valence-corrected chi connectivity index (χ3v) is 3.76. The summed E-state index contributed by atoms with van der Waals surface area (Å²) in [6.07, 6.45) is 2.93. The summed E-state index contributed by atoms with van der Waals surface area (Å²) >= 11 is 1.96. The SMILES string of the molecule is CCc1cc(F)nc(C2CCSCC2)n1. The maximum absolute atomic E-state index is 13.2. The Morgan fingerprint density at radius 2 is 2.13 bits per heavy atom. The minimum atomic E-state index is -0.380. The molecule has 1 aliphatic heterocycles. The molecule has 0 atom stereocenters. The van der Waals surface area contributed by atoms with Gasteiger partial charge in [0.15, 0.2) is 0 Å². The third kappa shape index (κ3) is 2.68. The summed E-state index contributed by atoms with van der Waals surface area (Å²) in [4.78, 5) is 8.33. The molecule has 0 spiro atoms. The fourth-order valence-electron chi connectivity index (χ4n) is 1.80. The second-order valence-corrected chi connectivity index (χ2v) is 5.01. The minimum Gasteiger partial charge on any atom is -0.237 e. The van der Waals surface area contributed by atoms with Crippen LogP contribution in [0.25, 0.3) is 0 Å². The largest absolute Gasteiger partial charge is 0.237 e. The van der Waals surface area contributed by atoms with Gasteiger partial charge >= 0.3 is 0 Å². The number of aromatic nitrogens is 2. The average Bonchev–Trinajstić information content (AvgIpc) is 2.29. The van der Waals surface area contributed by atoms with Crippen LogP contribution in [0.5, 0.6) is 0 Å². The molecule has 0 N–H and O–H groups in total. The number of nitrogens with zero attached hydrogens (tertiary/aromatic N) is 2. The number of rotatable bonds is 2. The second-order valence-electron chi connectivity index (χ2n) is 3.78. The standard InChI is InChI=1S/C11H15FN2S/c1-2-9-7-10(12)14-11(13-9)8-3-5-15-6-4-8/h7-8H,2-6H2,1H3.